The van der Waals surface area contributed by atoms with E-state index in [2.05, 4.69) is 26.0 Å². The number of aromatic nitrogens is 3. The Morgan fingerprint density at radius 2 is 1.78 bits per heavy atom. The highest BCUT2D eigenvalue weighted by Crippen LogP contribution is 2.22. The van der Waals surface area contributed by atoms with Crippen molar-refractivity contribution in [2.75, 3.05) is 5.75 Å². The Hall–Kier alpha value is -3.20. The van der Waals surface area contributed by atoms with E-state index < -0.39 is 0 Å². The van der Waals surface area contributed by atoms with Crippen molar-refractivity contribution in [3.05, 3.63) is 59.9 Å². The first-order valence-corrected chi connectivity index (χ1v) is 9.19. The van der Waals surface area contributed by atoms with Gasteiger partial charge in [-0.25, -0.2) is 0 Å². The molecule has 3 rings (SSSR count). The molecule has 2 amide bonds. The third kappa shape index (κ3) is 5.14. The maximum absolute atomic E-state index is 12.0. The topological polar surface area (TPSA) is 110 Å². The molecule has 0 radical (unpaired) electrons. The first-order valence-electron chi connectivity index (χ1n) is 8.20. The summed E-state index contributed by atoms with van der Waals surface area (Å²) in [5, 5.41) is 8.07. The van der Waals surface area contributed by atoms with E-state index in [1.54, 1.807) is 36.7 Å². The third-order valence-electron chi connectivity index (χ3n) is 3.60. The lowest BCUT2D eigenvalue weighted by Gasteiger charge is -2.07. The molecule has 0 fully saturated rings. The summed E-state index contributed by atoms with van der Waals surface area (Å²) >= 11 is 1.08. The van der Waals surface area contributed by atoms with E-state index >= 15 is 0 Å². The summed E-state index contributed by atoms with van der Waals surface area (Å²) in [6.07, 6.45) is 4.14. The highest BCUT2D eigenvalue weighted by atomic mass is 32.2. The van der Waals surface area contributed by atoms with E-state index in [-0.39, 0.29) is 22.8 Å². The zero-order valence-corrected chi connectivity index (χ0v) is 15.3. The summed E-state index contributed by atoms with van der Waals surface area (Å²) < 4.78 is 5.48. The number of rotatable bonds is 6. The van der Waals surface area contributed by atoms with Crippen LogP contribution in [0.4, 0.5) is 0 Å². The van der Waals surface area contributed by atoms with E-state index in [1.165, 1.54) is 0 Å². The van der Waals surface area contributed by atoms with Crippen LogP contribution in [0.2, 0.25) is 0 Å². The minimum atomic E-state index is -0.387. The predicted molar refractivity (Wildman–Crippen MR) is 99.7 cm³/mol. The average Bonchev–Trinajstić information content (AvgIpc) is 3.20. The van der Waals surface area contributed by atoms with E-state index in [0.717, 1.165) is 29.3 Å². The first-order chi connectivity index (χ1) is 13.2. The number of carbonyl (C=O) groups is 2. The van der Waals surface area contributed by atoms with Gasteiger partial charge in [-0.1, -0.05) is 30.8 Å². The van der Waals surface area contributed by atoms with Gasteiger partial charge in [-0.05, 0) is 36.2 Å². The molecule has 0 saturated heterocycles. The number of hydrogen-bond donors (Lipinski definition) is 2. The van der Waals surface area contributed by atoms with Crippen LogP contribution in [0.15, 0.2) is 58.4 Å². The van der Waals surface area contributed by atoms with Gasteiger partial charge in [0.25, 0.3) is 11.1 Å². The molecule has 0 aliphatic heterocycles. The van der Waals surface area contributed by atoms with Crippen LogP contribution < -0.4 is 10.9 Å². The number of thioether (sulfide) groups is 1. The van der Waals surface area contributed by atoms with E-state index in [9.17, 15) is 9.59 Å². The zero-order valence-electron chi connectivity index (χ0n) is 14.5. The molecule has 0 atom stereocenters. The molecule has 0 bridgehead atoms. The lowest BCUT2D eigenvalue weighted by atomic mass is 10.1. The summed E-state index contributed by atoms with van der Waals surface area (Å²) in [4.78, 5) is 27.8. The van der Waals surface area contributed by atoms with E-state index in [0.29, 0.717) is 11.5 Å². The predicted octanol–water partition coefficient (Wildman–Crippen LogP) is 2.25. The average molecular weight is 383 g/mol. The minimum Gasteiger partial charge on any atom is -0.411 e. The number of amides is 2. The lowest BCUT2D eigenvalue weighted by molar-refractivity contribution is -0.119. The zero-order chi connectivity index (χ0) is 19.1. The van der Waals surface area contributed by atoms with Gasteiger partial charge in [0, 0.05) is 23.5 Å². The molecule has 0 aliphatic carbocycles. The number of carbonyl (C=O) groups excluding carboxylic acids is 2. The standard InChI is InChI=1S/C18H17N5O3S/c1-2-12-3-5-13(6-4-12)16(25)21-20-15(24)11-27-18-23-22-17(26-18)14-7-9-19-10-8-14/h3-10H,2,11H2,1H3,(H,20,24)(H,21,25). The van der Waals surface area contributed by atoms with Crippen LogP contribution >= 0.6 is 11.8 Å². The molecule has 1 aromatic carbocycles. The second-order valence-electron chi connectivity index (χ2n) is 5.45. The van der Waals surface area contributed by atoms with Gasteiger partial charge in [0.1, 0.15) is 0 Å². The maximum atomic E-state index is 12.0. The van der Waals surface area contributed by atoms with Gasteiger partial charge in [0.15, 0.2) is 0 Å². The Labute approximate surface area is 159 Å². The third-order valence-corrected chi connectivity index (χ3v) is 4.42. The fraction of sp³-hybridized carbons (Fsp3) is 0.167. The second-order valence-corrected chi connectivity index (χ2v) is 6.38. The molecule has 2 heterocycles. The molecular formula is C18H17N5O3S. The molecule has 0 spiro atoms. The molecule has 3 aromatic rings. The Morgan fingerprint density at radius 3 is 2.48 bits per heavy atom. The van der Waals surface area contributed by atoms with Crippen LogP contribution in [0.5, 0.6) is 0 Å². The van der Waals surface area contributed by atoms with Crippen molar-refractivity contribution >= 4 is 23.6 Å². The summed E-state index contributed by atoms with van der Waals surface area (Å²) in [6, 6.07) is 10.7. The Kier molecular flexibility index (Phi) is 6.16. The molecule has 9 heteroatoms. The van der Waals surface area contributed by atoms with Gasteiger partial charge in [-0.15, -0.1) is 10.2 Å². The van der Waals surface area contributed by atoms with Gasteiger partial charge >= 0.3 is 0 Å². The van der Waals surface area contributed by atoms with Crippen LogP contribution in [-0.2, 0) is 11.2 Å². The molecule has 0 saturated carbocycles. The molecular weight excluding hydrogens is 366 g/mol. The van der Waals surface area contributed by atoms with Crippen LogP contribution in [-0.4, -0.2) is 32.7 Å². The van der Waals surface area contributed by atoms with E-state index in [4.69, 9.17) is 4.42 Å². The highest BCUT2D eigenvalue weighted by molar-refractivity contribution is 7.99. The smallest absolute Gasteiger partial charge is 0.277 e. The number of nitrogens with one attached hydrogen (secondary N) is 2. The highest BCUT2D eigenvalue weighted by Gasteiger charge is 2.12. The number of benzene rings is 1. The van der Waals surface area contributed by atoms with Crippen LogP contribution in [0.1, 0.15) is 22.8 Å². The number of aryl methyl sites for hydroxylation is 1. The molecule has 0 unspecified atom stereocenters. The quantitative estimate of drug-likeness (QED) is 0.496. The lowest BCUT2D eigenvalue weighted by Crippen LogP contribution is -2.42. The normalized spacial score (nSPS) is 10.4. The Bertz CT molecular complexity index is 912. The summed E-state index contributed by atoms with van der Waals surface area (Å²) in [7, 11) is 0. The van der Waals surface area contributed by atoms with Gasteiger partial charge in [0.05, 0.1) is 5.75 Å². The van der Waals surface area contributed by atoms with Crippen molar-refractivity contribution in [2.45, 2.75) is 18.6 Å². The van der Waals surface area contributed by atoms with Crippen LogP contribution in [0, 0.1) is 0 Å². The number of pyridine rings is 1. The Balaban J connectivity index is 1.45. The molecule has 2 N–H and O–H groups in total. The number of nitrogens with zero attached hydrogens (tertiary/aromatic N) is 3. The largest absolute Gasteiger partial charge is 0.411 e. The van der Waals surface area contributed by atoms with Gasteiger partial charge in [-0.3, -0.25) is 25.4 Å². The van der Waals surface area contributed by atoms with Crippen molar-refractivity contribution < 1.29 is 14.0 Å². The number of hydrazine groups is 1. The van der Waals surface area contributed by atoms with Crippen molar-refractivity contribution in [3.63, 3.8) is 0 Å². The summed E-state index contributed by atoms with van der Waals surface area (Å²) in [5.74, 6) is -0.396. The molecule has 0 aliphatic rings. The van der Waals surface area contributed by atoms with Crippen molar-refractivity contribution in [1.82, 2.24) is 26.0 Å². The van der Waals surface area contributed by atoms with Crippen molar-refractivity contribution in [1.29, 1.82) is 0 Å². The molecule has 138 valence electrons. The fourth-order valence-corrected chi connectivity index (χ4v) is 2.70. The Morgan fingerprint density at radius 1 is 1.04 bits per heavy atom. The van der Waals surface area contributed by atoms with Gasteiger partial charge < -0.3 is 4.42 Å². The van der Waals surface area contributed by atoms with E-state index in [1.807, 2.05) is 19.1 Å². The summed E-state index contributed by atoms with van der Waals surface area (Å²) in [5.41, 5.74) is 7.09. The SMILES string of the molecule is CCc1ccc(C(=O)NNC(=O)CSc2nnc(-c3ccncc3)o2)cc1. The van der Waals surface area contributed by atoms with Crippen LogP contribution in [0.3, 0.4) is 0 Å². The van der Waals surface area contributed by atoms with Gasteiger partial charge in [0.2, 0.25) is 11.8 Å². The monoisotopic (exact) mass is 383 g/mol. The second kappa shape index (κ2) is 8.95. The van der Waals surface area contributed by atoms with Gasteiger partial charge in [-0.2, -0.15) is 0 Å². The maximum Gasteiger partial charge on any atom is 0.277 e. The number of hydrogen-bond acceptors (Lipinski definition) is 7. The molecule has 8 nitrogen and oxygen atoms in total. The first kappa shape index (κ1) is 18.6. The van der Waals surface area contributed by atoms with Crippen LogP contribution in [0.25, 0.3) is 11.5 Å². The van der Waals surface area contributed by atoms with Crippen molar-refractivity contribution in [2.24, 2.45) is 0 Å². The molecule has 27 heavy (non-hydrogen) atoms. The summed E-state index contributed by atoms with van der Waals surface area (Å²) in [6.45, 7) is 2.04. The van der Waals surface area contributed by atoms with Crippen molar-refractivity contribution in [3.8, 4) is 11.5 Å². The minimum absolute atomic E-state index is 0.0209. The fourth-order valence-electron chi connectivity index (χ4n) is 2.13. The molecule has 2 aromatic heterocycles.